The molecule has 1 heterocycles. The number of rotatable bonds is 5. The Morgan fingerprint density at radius 3 is 2.69 bits per heavy atom. The summed E-state index contributed by atoms with van der Waals surface area (Å²) in [5.41, 5.74) is 0.0394. The summed E-state index contributed by atoms with van der Waals surface area (Å²) in [6.07, 6.45) is 0.740. The fourth-order valence-electron chi connectivity index (χ4n) is 1.28. The molecule has 0 aliphatic heterocycles. The van der Waals surface area contributed by atoms with E-state index >= 15 is 0 Å². The molecule has 0 amide bonds. The molecule has 16 heavy (non-hydrogen) atoms. The van der Waals surface area contributed by atoms with Gasteiger partial charge in [0.05, 0.1) is 6.61 Å². The van der Waals surface area contributed by atoms with Crippen LogP contribution in [0, 0.1) is 0 Å². The van der Waals surface area contributed by atoms with E-state index in [9.17, 15) is 9.59 Å². The van der Waals surface area contributed by atoms with E-state index < -0.39 is 11.9 Å². The van der Waals surface area contributed by atoms with Crippen molar-refractivity contribution in [3.63, 3.8) is 0 Å². The van der Waals surface area contributed by atoms with Gasteiger partial charge in [0.2, 0.25) is 0 Å². The van der Waals surface area contributed by atoms with E-state index in [1.165, 1.54) is 10.7 Å². The molecule has 1 N–H and O–H groups in total. The van der Waals surface area contributed by atoms with Crippen LogP contribution in [0.4, 0.5) is 0 Å². The summed E-state index contributed by atoms with van der Waals surface area (Å²) in [6, 6.07) is 1.23. The molecule has 1 aromatic heterocycles. The summed E-state index contributed by atoms with van der Waals surface area (Å²) in [5, 5.41) is 12.8. The van der Waals surface area contributed by atoms with Crippen LogP contribution in [0.3, 0.4) is 0 Å². The zero-order chi connectivity index (χ0) is 12.1. The van der Waals surface area contributed by atoms with Crippen LogP contribution in [-0.2, 0) is 11.3 Å². The van der Waals surface area contributed by atoms with Gasteiger partial charge in [0.15, 0.2) is 5.69 Å². The number of carbonyl (C=O) groups is 2. The van der Waals surface area contributed by atoms with E-state index in [1.54, 1.807) is 6.92 Å². The van der Waals surface area contributed by atoms with Crippen molar-refractivity contribution < 1.29 is 19.4 Å². The Hall–Kier alpha value is -1.85. The summed E-state index contributed by atoms with van der Waals surface area (Å²) < 4.78 is 6.05. The van der Waals surface area contributed by atoms with Crippen LogP contribution in [0.5, 0.6) is 0 Å². The standard InChI is InChI=1S/C10H14N2O4/c1-3-5-12-8(9(13)14)6-7(11-12)10(15)16-4-2/h6H,3-5H2,1-2H3,(H,13,14). The molecular weight excluding hydrogens is 212 g/mol. The van der Waals surface area contributed by atoms with Gasteiger partial charge in [0.25, 0.3) is 0 Å². The number of carboxylic acid groups (broad SMARTS) is 1. The molecule has 6 nitrogen and oxygen atoms in total. The van der Waals surface area contributed by atoms with E-state index in [-0.39, 0.29) is 18.0 Å². The normalized spacial score (nSPS) is 10.1. The molecule has 1 rings (SSSR count). The minimum Gasteiger partial charge on any atom is -0.477 e. The molecule has 0 atom stereocenters. The topological polar surface area (TPSA) is 81.4 Å². The lowest BCUT2D eigenvalue weighted by atomic mass is 10.3. The Labute approximate surface area is 92.8 Å². The third-order valence-corrected chi connectivity index (χ3v) is 1.92. The number of hydrogen-bond donors (Lipinski definition) is 1. The zero-order valence-electron chi connectivity index (χ0n) is 9.27. The molecule has 0 saturated carbocycles. The fraction of sp³-hybridized carbons (Fsp3) is 0.500. The first-order valence-electron chi connectivity index (χ1n) is 5.08. The van der Waals surface area contributed by atoms with Gasteiger partial charge in [-0.25, -0.2) is 9.59 Å². The van der Waals surface area contributed by atoms with Gasteiger partial charge in [0, 0.05) is 12.6 Å². The van der Waals surface area contributed by atoms with Gasteiger partial charge in [0.1, 0.15) is 5.69 Å². The average Bonchev–Trinajstić information content (AvgIpc) is 2.63. The molecule has 0 bridgehead atoms. The van der Waals surface area contributed by atoms with Crippen molar-refractivity contribution in [3.8, 4) is 0 Å². The van der Waals surface area contributed by atoms with Crippen molar-refractivity contribution in [1.29, 1.82) is 0 Å². The lowest BCUT2D eigenvalue weighted by Crippen LogP contribution is -2.10. The van der Waals surface area contributed by atoms with E-state index in [0.29, 0.717) is 6.54 Å². The molecule has 0 spiro atoms. The van der Waals surface area contributed by atoms with Crippen LogP contribution < -0.4 is 0 Å². The van der Waals surface area contributed by atoms with E-state index in [1.807, 2.05) is 6.92 Å². The second-order valence-electron chi connectivity index (χ2n) is 3.16. The summed E-state index contributed by atoms with van der Waals surface area (Å²) >= 11 is 0. The highest BCUT2D eigenvalue weighted by Crippen LogP contribution is 2.07. The predicted molar refractivity (Wildman–Crippen MR) is 55.4 cm³/mol. The highest BCUT2D eigenvalue weighted by atomic mass is 16.5. The minimum atomic E-state index is -1.10. The van der Waals surface area contributed by atoms with Crippen molar-refractivity contribution in [2.24, 2.45) is 0 Å². The van der Waals surface area contributed by atoms with Crippen molar-refractivity contribution in [2.45, 2.75) is 26.8 Å². The van der Waals surface area contributed by atoms with E-state index in [4.69, 9.17) is 9.84 Å². The largest absolute Gasteiger partial charge is 0.477 e. The number of aromatic nitrogens is 2. The Morgan fingerprint density at radius 1 is 1.50 bits per heavy atom. The van der Waals surface area contributed by atoms with Gasteiger partial charge in [-0.15, -0.1) is 0 Å². The highest BCUT2D eigenvalue weighted by Gasteiger charge is 2.18. The number of hydrogen-bond acceptors (Lipinski definition) is 4. The molecule has 0 saturated heterocycles. The Balaban J connectivity index is 3.00. The van der Waals surface area contributed by atoms with Gasteiger partial charge in [-0.05, 0) is 13.3 Å². The fourth-order valence-corrected chi connectivity index (χ4v) is 1.28. The minimum absolute atomic E-state index is 0.00454. The molecule has 0 aromatic carbocycles. The lowest BCUT2D eigenvalue weighted by molar-refractivity contribution is 0.0518. The number of esters is 1. The molecule has 6 heteroatoms. The number of carboxylic acids is 1. The number of aryl methyl sites for hydroxylation is 1. The highest BCUT2D eigenvalue weighted by molar-refractivity contribution is 5.92. The summed E-state index contributed by atoms with van der Waals surface area (Å²) in [7, 11) is 0. The van der Waals surface area contributed by atoms with Crippen LogP contribution in [0.25, 0.3) is 0 Å². The smallest absolute Gasteiger partial charge is 0.358 e. The molecule has 0 aliphatic carbocycles. The maximum atomic E-state index is 11.3. The Kier molecular flexibility index (Phi) is 4.04. The van der Waals surface area contributed by atoms with Gasteiger partial charge in [-0.1, -0.05) is 6.92 Å². The number of nitrogens with zero attached hydrogens (tertiary/aromatic N) is 2. The summed E-state index contributed by atoms with van der Waals surface area (Å²) in [6.45, 7) is 4.28. The molecule has 88 valence electrons. The third-order valence-electron chi connectivity index (χ3n) is 1.92. The van der Waals surface area contributed by atoms with Crippen LogP contribution in [0.2, 0.25) is 0 Å². The van der Waals surface area contributed by atoms with Crippen molar-refractivity contribution in [1.82, 2.24) is 9.78 Å². The van der Waals surface area contributed by atoms with Crippen LogP contribution >= 0.6 is 0 Å². The van der Waals surface area contributed by atoms with E-state index in [2.05, 4.69) is 5.10 Å². The predicted octanol–water partition coefficient (Wildman–Crippen LogP) is 1.17. The second-order valence-corrected chi connectivity index (χ2v) is 3.16. The number of ether oxygens (including phenoxy) is 1. The van der Waals surface area contributed by atoms with Crippen molar-refractivity contribution in [2.75, 3.05) is 6.61 Å². The van der Waals surface area contributed by atoms with Crippen LogP contribution in [0.15, 0.2) is 6.07 Å². The first-order chi connectivity index (χ1) is 7.60. The van der Waals surface area contributed by atoms with Gasteiger partial charge in [-0.2, -0.15) is 5.10 Å². The zero-order valence-corrected chi connectivity index (χ0v) is 9.27. The molecule has 1 aromatic rings. The van der Waals surface area contributed by atoms with Crippen molar-refractivity contribution >= 4 is 11.9 Å². The monoisotopic (exact) mass is 226 g/mol. The van der Waals surface area contributed by atoms with Crippen LogP contribution in [0.1, 0.15) is 41.2 Å². The molecule has 0 fully saturated rings. The van der Waals surface area contributed by atoms with Gasteiger partial charge in [-0.3, -0.25) is 4.68 Å². The Bertz CT molecular complexity index is 398. The third kappa shape index (κ3) is 2.59. The maximum absolute atomic E-state index is 11.3. The first kappa shape index (κ1) is 12.2. The summed E-state index contributed by atoms with van der Waals surface area (Å²) in [4.78, 5) is 22.2. The average molecular weight is 226 g/mol. The number of aromatic carboxylic acids is 1. The number of carbonyl (C=O) groups excluding carboxylic acids is 1. The van der Waals surface area contributed by atoms with Gasteiger partial charge >= 0.3 is 11.9 Å². The van der Waals surface area contributed by atoms with Gasteiger partial charge < -0.3 is 9.84 Å². The first-order valence-corrected chi connectivity index (χ1v) is 5.08. The van der Waals surface area contributed by atoms with E-state index in [0.717, 1.165) is 6.42 Å². The molecule has 0 unspecified atom stereocenters. The molecule has 0 aliphatic rings. The van der Waals surface area contributed by atoms with Crippen molar-refractivity contribution in [3.05, 3.63) is 17.5 Å². The molecular formula is C10H14N2O4. The summed E-state index contributed by atoms with van der Waals surface area (Å²) in [5.74, 6) is -1.70. The quantitative estimate of drug-likeness (QED) is 0.762. The maximum Gasteiger partial charge on any atom is 0.358 e. The second kappa shape index (κ2) is 5.29. The van der Waals surface area contributed by atoms with Crippen LogP contribution in [-0.4, -0.2) is 33.4 Å². The Morgan fingerprint density at radius 2 is 2.19 bits per heavy atom. The lowest BCUT2D eigenvalue weighted by Gasteiger charge is -2.00. The SMILES string of the molecule is CCCn1nc(C(=O)OCC)cc1C(=O)O. The molecule has 0 radical (unpaired) electrons.